The van der Waals surface area contributed by atoms with Crippen molar-refractivity contribution in [1.82, 2.24) is 15.6 Å². The van der Waals surface area contributed by atoms with Crippen LogP contribution in [0, 0.1) is 5.82 Å². The second-order valence-corrected chi connectivity index (χ2v) is 6.10. The highest BCUT2D eigenvalue weighted by molar-refractivity contribution is 5.98. The van der Waals surface area contributed by atoms with E-state index in [-0.39, 0.29) is 24.0 Å². The lowest BCUT2D eigenvalue weighted by Crippen LogP contribution is -2.39. The fraction of sp³-hybridized carbons (Fsp3) is 0.150. The number of H-pyrrole nitrogens is 1. The number of rotatable bonds is 5. The van der Waals surface area contributed by atoms with Crippen LogP contribution in [0.2, 0.25) is 0 Å². The highest BCUT2D eigenvalue weighted by Crippen LogP contribution is 2.12. The first-order chi connectivity index (χ1) is 13.0. The first kappa shape index (κ1) is 18.3. The van der Waals surface area contributed by atoms with E-state index in [0.717, 1.165) is 5.56 Å². The second-order valence-electron chi connectivity index (χ2n) is 6.10. The van der Waals surface area contributed by atoms with Gasteiger partial charge in [0, 0.05) is 17.1 Å². The Labute approximate surface area is 154 Å². The van der Waals surface area contributed by atoms with Gasteiger partial charge in [-0.25, -0.2) is 4.39 Å². The highest BCUT2D eigenvalue weighted by atomic mass is 19.1. The number of para-hydroxylation sites is 1. The minimum absolute atomic E-state index is 0.0620. The Morgan fingerprint density at radius 2 is 1.81 bits per heavy atom. The Bertz CT molecular complexity index is 1040. The first-order valence-corrected chi connectivity index (χ1v) is 8.39. The molecule has 1 heterocycles. The smallest absolute Gasteiger partial charge is 0.257 e. The lowest BCUT2D eigenvalue weighted by atomic mass is 10.1. The lowest BCUT2D eigenvalue weighted by molar-refractivity contribution is -0.120. The van der Waals surface area contributed by atoms with Gasteiger partial charge in [0.05, 0.1) is 12.6 Å². The quantitative estimate of drug-likeness (QED) is 0.646. The van der Waals surface area contributed by atoms with Gasteiger partial charge in [0.25, 0.3) is 5.91 Å². The number of amides is 2. The van der Waals surface area contributed by atoms with Crippen molar-refractivity contribution in [3.63, 3.8) is 0 Å². The monoisotopic (exact) mass is 367 g/mol. The summed E-state index contributed by atoms with van der Waals surface area (Å²) in [5.41, 5.74) is 0.905. The van der Waals surface area contributed by atoms with Crippen molar-refractivity contribution in [2.24, 2.45) is 0 Å². The summed E-state index contributed by atoms with van der Waals surface area (Å²) >= 11 is 0. The average Bonchev–Trinajstić information content (AvgIpc) is 2.67. The van der Waals surface area contributed by atoms with Crippen LogP contribution >= 0.6 is 0 Å². The summed E-state index contributed by atoms with van der Waals surface area (Å²) in [6, 6.07) is 12.3. The molecule has 0 saturated heterocycles. The molecule has 138 valence electrons. The van der Waals surface area contributed by atoms with E-state index in [9.17, 15) is 18.8 Å². The highest BCUT2D eigenvalue weighted by Gasteiger charge is 2.15. The molecule has 2 aromatic carbocycles. The van der Waals surface area contributed by atoms with Gasteiger partial charge in [0.2, 0.25) is 11.3 Å². The number of carbonyl (C=O) groups is 2. The third-order valence-electron chi connectivity index (χ3n) is 4.19. The zero-order valence-corrected chi connectivity index (χ0v) is 14.6. The number of hydrogen-bond acceptors (Lipinski definition) is 3. The number of nitrogens with one attached hydrogen (secondary N) is 3. The van der Waals surface area contributed by atoms with Gasteiger partial charge in [-0.1, -0.05) is 24.3 Å². The van der Waals surface area contributed by atoms with Gasteiger partial charge in [-0.05, 0) is 36.8 Å². The summed E-state index contributed by atoms with van der Waals surface area (Å²) in [5.74, 6) is -1.41. The lowest BCUT2D eigenvalue weighted by Gasteiger charge is -2.14. The predicted octanol–water partition coefficient (Wildman–Crippen LogP) is 2.27. The number of hydrogen-bond donors (Lipinski definition) is 3. The Morgan fingerprint density at radius 3 is 2.56 bits per heavy atom. The molecule has 0 spiro atoms. The molecule has 1 aromatic heterocycles. The molecule has 0 unspecified atom stereocenters. The van der Waals surface area contributed by atoms with Crippen LogP contribution in [0.4, 0.5) is 4.39 Å². The fourth-order valence-electron chi connectivity index (χ4n) is 2.72. The number of halogens is 1. The molecule has 1 atom stereocenters. The summed E-state index contributed by atoms with van der Waals surface area (Å²) in [6.07, 6.45) is 1.33. The van der Waals surface area contributed by atoms with E-state index < -0.39 is 17.2 Å². The standard InChI is InChI=1S/C20H18FN3O3/c1-12(13-6-8-14(21)9-7-13)24-18(25)11-23-20(27)16-10-22-17-5-3-2-4-15(17)19(16)26/h2-10,12H,11H2,1H3,(H,22,26)(H,23,27)(H,24,25)/t12-/m1/s1. The molecule has 0 saturated carbocycles. The topological polar surface area (TPSA) is 91.1 Å². The second kappa shape index (κ2) is 7.82. The largest absolute Gasteiger partial charge is 0.360 e. The van der Waals surface area contributed by atoms with Crippen molar-refractivity contribution in [2.75, 3.05) is 6.54 Å². The van der Waals surface area contributed by atoms with Crippen LogP contribution < -0.4 is 16.1 Å². The third kappa shape index (κ3) is 4.20. The number of aromatic nitrogens is 1. The summed E-state index contributed by atoms with van der Waals surface area (Å²) < 4.78 is 13.0. The molecule has 3 aromatic rings. The van der Waals surface area contributed by atoms with Gasteiger partial charge in [-0.15, -0.1) is 0 Å². The summed E-state index contributed by atoms with van der Waals surface area (Å²) in [5, 5.41) is 5.55. The van der Waals surface area contributed by atoms with Crippen molar-refractivity contribution in [3.05, 3.63) is 81.9 Å². The minimum Gasteiger partial charge on any atom is -0.360 e. The number of aromatic amines is 1. The van der Waals surface area contributed by atoms with E-state index in [2.05, 4.69) is 15.6 Å². The zero-order chi connectivity index (χ0) is 19.4. The Hall–Kier alpha value is -3.48. The average molecular weight is 367 g/mol. The molecule has 0 aliphatic rings. The van der Waals surface area contributed by atoms with E-state index in [0.29, 0.717) is 10.9 Å². The van der Waals surface area contributed by atoms with Crippen LogP contribution in [0.5, 0.6) is 0 Å². The van der Waals surface area contributed by atoms with E-state index in [1.54, 1.807) is 43.3 Å². The van der Waals surface area contributed by atoms with E-state index >= 15 is 0 Å². The first-order valence-electron chi connectivity index (χ1n) is 8.39. The molecule has 2 amide bonds. The molecule has 3 N–H and O–H groups in total. The van der Waals surface area contributed by atoms with Crippen molar-refractivity contribution in [3.8, 4) is 0 Å². The molecule has 0 aliphatic heterocycles. The molecular weight excluding hydrogens is 349 g/mol. The maximum atomic E-state index is 13.0. The van der Waals surface area contributed by atoms with E-state index in [1.165, 1.54) is 18.3 Å². The fourth-order valence-corrected chi connectivity index (χ4v) is 2.72. The molecule has 0 radical (unpaired) electrons. The molecule has 0 aliphatic carbocycles. The zero-order valence-electron chi connectivity index (χ0n) is 14.6. The molecule has 0 bridgehead atoms. The minimum atomic E-state index is -0.633. The summed E-state index contributed by atoms with van der Waals surface area (Å²) in [7, 11) is 0. The van der Waals surface area contributed by atoms with Gasteiger partial charge in [-0.2, -0.15) is 0 Å². The summed E-state index contributed by atoms with van der Waals surface area (Å²) in [4.78, 5) is 39.6. The predicted molar refractivity (Wildman–Crippen MR) is 99.9 cm³/mol. The molecular formula is C20H18FN3O3. The van der Waals surface area contributed by atoms with Gasteiger partial charge >= 0.3 is 0 Å². The normalized spacial score (nSPS) is 11.8. The summed E-state index contributed by atoms with van der Waals surface area (Å²) in [6.45, 7) is 1.47. The number of pyridine rings is 1. The maximum absolute atomic E-state index is 13.0. The van der Waals surface area contributed by atoms with E-state index in [1.807, 2.05) is 0 Å². The van der Waals surface area contributed by atoms with Crippen LogP contribution in [0.3, 0.4) is 0 Å². The van der Waals surface area contributed by atoms with E-state index in [4.69, 9.17) is 0 Å². The molecule has 0 fully saturated rings. The van der Waals surface area contributed by atoms with Gasteiger partial charge in [0.15, 0.2) is 0 Å². The number of fused-ring (bicyclic) bond motifs is 1. The van der Waals surface area contributed by atoms with Crippen LogP contribution in [-0.4, -0.2) is 23.3 Å². The maximum Gasteiger partial charge on any atom is 0.257 e. The molecule has 7 heteroatoms. The van der Waals surface area contributed by atoms with Crippen LogP contribution in [-0.2, 0) is 4.79 Å². The Kier molecular flexibility index (Phi) is 5.30. The molecule has 6 nitrogen and oxygen atoms in total. The van der Waals surface area contributed by atoms with Crippen molar-refractivity contribution >= 4 is 22.7 Å². The van der Waals surface area contributed by atoms with Crippen molar-refractivity contribution in [1.29, 1.82) is 0 Å². The third-order valence-corrected chi connectivity index (χ3v) is 4.19. The van der Waals surface area contributed by atoms with Gasteiger partial charge in [-0.3, -0.25) is 14.4 Å². The molecule has 27 heavy (non-hydrogen) atoms. The Morgan fingerprint density at radius 1 is 1.11 bits per heavy atom. The number of carbonyl (C=O) groups excluding carboxylic acids is 2. The van der Waals surface area contributed by atoms with Gasteiger partial charge < -0.3 is 15.6 Å². The van der Waals surface area contributed by atoms with Crippen LogP contribution in [0.25, 0.3) is 10.9 Å². The van der Waals surface area contributed by atoms with Crippen LogP contribution in [0.15, 0.2) is 59.5 Å². The number of benzene rings is 2. The van der Waals surface area contributed by atoms with Crippen LogP contribution in [0.1, 0.15) is 28.9 Å². The van der Waals surface area contributed by atoms with Gasteiger partial charge in [0.1, 0.15) is 11.4 Å². The SMILES string of the molecule is C[C@@H](NC(=O)CNC(=O)c1c[nH]c2ccccc2c1=O)c1ccc(F)cc1. The van der Waals surface area contributed by atoms with Crippen molar-refractivity contribution < 1.29 is 14.0 Å². The Balaban J connectivity index is 1.62. The van der Waals surface area contributed by atoms with Crippen molar-refractivity contribution in [2.45, 2.75) is 13.0 Å². The molecule has 3 rings (SSSR count).